The molecule has 0 aliphatic carbocycles. The van der Waals surface area contributed by atoms with E-state index in [0.29, 0.717) is 30.4 Å². The Kier molecular flexibility index (Phi) is 5.37. The second kappa shape index (κ2) is 8.26. The summed E-state index contributed by atoms with van der Waals surface area (Å²) in [6.07, 6.45) is 0.286. The summed E-state index contributed by atoms with van der Waals surface area (Å²) in [7, 11) is 0. The average molecular weight is 393 g/mol. The number of nitrogens with zero attached hydrogens (tertiary/aromatic N) is 2. The van der Waals surface area contributed by atoms with Crippen molar-refractivity contribution in [2.45, 2.75) is 20.3 Å². The van der Waals surface area contributed by atoms with Crippen molar-refractivity contribution in [2.75, 3.05) is 19.9 Å². The van der Waals surface area contributed by atoms with E-state index < -0.39 is 0 Å². The number of carbonyl (C=O) groups excluding carboxylic acids is 1. The predicted octanol–water partition coefficient (Wildman–Crippen LogP) is 2.96. The topological polar surface area (TPSA) is 74.6 Å². The van der Waals surface area contributed by atoms with E-state index in [4.69, 9.17) is 14.2 Å². The number of benzene rings is 2. The standard InChI is InChI=1S/C22H23N3O4/c1-15-19(16(2)25(24-15)17-6-4-3-5-7-17)13-22(26)23-10-11-27-18-8-9-20-21(12-18)29-14-28-20/h3-9,12H,10-11,13-14H2,1-2H3,(H,23,26). The van der Waals surface area contributed by atoms with E-state index in [1.54, 1.807) is 6.07 Å². The molecule has 0 saturated heterocycles. The lowest BCUT2D eigenvalue weighted by Gasteiger charge is -2.09. The first-order chi connectivity index (χ1) is 14.1. The Morgan fingerprint density at radius 1 is 1.14 bits per heavy atom. The van der Waals surface area contributed by atoms with Crippen molar-refractivity contribution in [3.05, 3.63) is 65.5 Å². The Morgan fingerprint density at radius 3 is 2.76 bits per heavy atom. The molecule has 2 aromatic carbocycles. The number of rotatable bonds is 7. The highest BCUT2D eigenvalue weighted by Crippen LogP contribution is 2.35. The highest BCUT2D eigenvalue weighted by molar-refractivity contribution is 5.79. The number of hydrogen-bond donors (Lipinski definition) is 1. The van der Waals surface area contributed by atoms with Crippen LogP contribution < -0.4 is 19.5 Å². The molecular formula is C22H23N3O4. The number of amides is 1. The zero-order chi connectivity index (χ0) is 20.2. The summed E-state index contributed by atoms with van der Waals surface area (Å²) in [5.41, 5.74) is 3.76. The molecule has 0 fully saturated rings. The first-order valence-corrected chi connectivity index (χ1v) is 9.51. The number of hydrogen-bond acceptors (Lipinski definition) is 5. The quantitative estimate of drug-likeness (QED) is 0.625. The molecule has 0 spiro atoms. The van der Waals surface area contributed by atoms with E-state index in [1.807, 2.05) is 61.0 Å². The Labute approximate surface area is 169 Å². The first-order valence-electron chi connectivity index (χ1n) is 9.51. The van der Waals surface area contributed by atoms with Crippen LogP contribution in [-0.4, -0.2) is 35.6 Å². The Morgan fingerprint density at radius 2 is 1.93 bits per heavy atom. The van der Waals surface area contributed by atoms with Crippen molar-refractivity contribution < 1.29 is 19.0 Å². The molecule has 1 aromatic heterocycles. The molecule has 1 aliphatic rings. The summed E-state index contributed by atoms with van der Waals surface area (Å²) in [6, 6.07) is 15.3. The van der Waals surface area contributed by atoms with Gasteiger partial charge in [-0.1, -0.05) is 18.2 Å². The molecule has 3 aromatic rings. The van der Waals surface area contributed by atoms with E-state index in [1.165, 1.54) is 0 Å². The fourth-order valence-corrected chi connectivity index (χ4v) is 3.30. The zero-order valence-electron chi connectivity index (χ0n) is 16.5. The van der Waals surface area contributed by atoms with E-state index in [9.17, 15) is 4.79 Å². The van der Waals surface area contributed by atoms with Gasteiger partial charge in [0.05, 0.1) is 24.3 Å². The molecule has 7 heteroatoms. The van der Waals surface area contributed by atoms with Crippen molar-refractivity contribution in [1.29, 1.82) is 0 Å². The molecule has 2 heterocycles. The van der Waals surface area contributed by atoms with Gasteiger partial charge in [-0.25, -0.2) is 4.68 Å². The Hall–Kier alpha value is -3.48. The van der Waals surface area contributed by atoms with Gasteiger partial charge in [-0.3, -0.25) is 4.79 Å². The number of fused-ring (bicyclic) bond motifs is 1. The molecule has 0 bridgehead atoms. The number of aromatic nitrogens is 2. The molecule has 150 valence electrons. The summed E-state index contributed by atoms with van der Waals surface area (Å²) >= 11 is 0. The third kappa shape index (κ3) is 4.18. The van der Waals surface area contributed by atoms with Gasteiger partial charge in [0.15, 0.2) is 11.5 Å². The molecule has 1 amide bonds. The molecule has 1 aliphatic heterocycles. The fraction of sp³-hybridized carbons (Fsp3) is 0.273. The van der Waals surface area contributed by atoms with Crippen LogP contribution >= 0.6 is 0 Å². The van der Waals surface area contributed by atoms with Crippen LogP contribution in [0.1, 0.15) is 17.0 Å². The van der Waals surface area contributed by atoms with Gasteiger partial charge < -0.3 is 19.5 Å². The molecular weight excluding hydrogens is 370 g/mol. The van der Waals surface area contributed by atoms with Crippen LogP contribution in [-0.2, 0) is 11.2 Å². The first kappa shape index (κ1) is 18.9. The smallest absolute Gasteiger partial charge is 0.231 e. The van der Waals surface area contributed by atoms with Crippen LogP contribution in [0.5, 0.6) is 17.2 Å². The SMILES string of the molecule is Cc1nn(-c2ccccc2)c(C)c1CC(=O)NCCOc1ccc2c(c1)OCO2. The normalized spacial score (nSPS) is 12.1. The van der Waals surface area contributed by atoms with Crippen molar-refractivity contribution in [3.63, 3.8) is 0 Å². The number of ether oxygens (including phenoxy) is 3. The van der Waals surface area contributed by atoms with Crippen molar-refractivity contribution in [1.82, 2.24) is 15.1 Å². The summed E-state index contributed by atoms with van der Waals surface area (Å²) in [4.78, 5) is 12.4. The van der Waals surface area contributed by atoms with Crippen LogP contribution in [0.15, 0.2) is 48.5 Å². The third-order valence-corrected chi connectivity index (χ3v) is 4.82. The highest BCUT2D eigenvalue weighted by Gasteiger charge is 2.16. The molecule has 29 heavy (non-hydrogen) atoms. The molecule has 0 atom stereocenters. The van der Waals surface area contributed by atoms with Crippen molar-refractivity contribution in [2.24, 2.45) is 0 Å². The van der Waals surface area contributed by atoms with E-state index in [2.05, 4.69) is 10.4 Å². The molecule has 1 N–H and O–H groups in total. The maximum Gasteiger partial charge on any atom is 0.231 e. The van der Waals surface area contributed by atoms with Crippen LogP contribution in [0, 0.1) is 13.8 Å². The molecule has 7 nitrogen and oxygen atoms in total. The average Bonchev–Trinajstić information content (AvgIpc) is 3.31. The second-order valence-electron chi connectivity index (χ2n) is 6.79. The van der Waals surface area contributed by atoms with Gasteiger partial charge in [0.1, 0.15) is 12.4 Å². The molecule has 0 unspecified atom stereocenters. The molecule has 0 radical (unpaired) electrons. The number of aryl methyl sites for hydroxylation is 1. The van der Waals surface area contributed by atoms with E-state index >= 15 is 0 Å². The third-order valence-electron chi connectivity index (χ3n) is 4.82. The minimum atomic E-state index is -0.0573. The van der Waals surface area contributed by atoms with Crippen LogP contribution in [0.3, 0.4) is 0 Å². The highest BCUT2D eigenvalue weighted by atomic mass is 16.7. The van der Waals surface area contributed by atoms with E-state index in [-0.39, 0.29) is 19.1 Å². The maximum absolute atomic E-state index is 12.4. The second-order valence-corrected chi connectivity index (χ2v) is 6.79. The minimum absolute atomic E-state index is 0.0573. The number of nitrogens with one attached hydrogen (secondary N) is 1. The van der Waals surface area contributed by atoms with Gasteiger partial charge >= 0.3 is 0 Å². The van der Waals surface area contributed by atoms with Crippen LogP contribution in [0.4, 0.5) is 0 Å². The Balaban J connectivity index is 1.29. The predicted molar refractivity (Wildman–Crippen MR) is 108 cm³/mol. The molecule has 0 saturated carbocycles. The monoisotopic (exact) mass is 393 g/mol. The van der Waals surface area contributed by atoms with Gasteiger partial charge in [0.2, 0.25) is 12.7 Å². The van der Waals surface area contributed by atoms with Gasteiger partial charge in [-0.15, -0.1) is 0 Å². The largest absolute Gasteiger partial charge is 0.492 e. The zero-order valence-corrected chi connectivity index (χ0v) is 16.5. The lowest BCUT2D eigenvalue weighted by atomic mass is 10.1. The van der Waals surface area contributed by atoms with Gasteiger partial charge in [-0.05, 0) is 38.1 Å². The summed E-state index contributed by atoms with van der Waals surface area (Å²) in [5, 5.41) is 7.49. The van der Waals surface area contributed by atoms with E-state index in [0.717, 1.165) is 22.6 Å². The number of carbonyl (C=O) groups is 1. The fourth-order valence-electron chi connectivity index (χ4n) is 3.30. The van der Waals surface area contributed by atoms with Crippen LogP contribution in [0.2, 0.25) is 0 Å². The maximum atomic E-state index is 12.4. The summed E-state index contributed by atoms with van der Waals surface area (Å²) < 4.78 is 18.2. The Bertz CT molecular complexity index is 1010. The van der Waals surface area contributed by atoms with Gasteiger partial charge in [0.25, 0.3) is 0 Å². The minimum Gasteiger partial charge on any atom is -0.492 e. The molecule has 4 rings (SSSR count). The summed E-state index contributed by atoms with van der Waals surface area (Å²) in [6.45, 7) is 4.93. The van der Waals surface area contributed by atoms with Crippen molar-refractivity contribution in [3.8, 4) is 22.9 Å². The summed E-state index contributed by atoms with van der Waals surface area (Å²) in [5.74, 6) is 2.01. The lowest BCUT2D eigenvalue weighted by molar-refractivity contribution is -0.120. The van der Waals surface area contributed by atoms with Crippen molar-refractivity contribution >= 4 is 5.91 Å². The number of para-hydroxylation sites is 1. The van der Waals surface area contributed by atoms with Gasteiger partial charge in [0, 0.05) is 17.3 Å². The van der Waals surface area contributed by atoms with Crippen LogP contribution in [0.25, 0.3) is 5.69 Å². The lowest BCUT2D eigenvalue weighted by Crippen LogP contribution is -2.29. The van der Waals surface area contributed by atoms with Gasteiger partial charge in [-0.2, -0.15) is 5.10 Å².